The number of ether oxygens (including phenoxy) is 2. The lowest BCUT2D eigenvalue weighted by Gasteiger charge is -2.17. The van der Waals surface area contributed by atoms with E-state index in [-0.39, 0.29) is 11.5 Å². The van der Waals surface area contributed by atoms with E-state index in [0.717, 1.165) is 11.3 Å². The number of amides is 1. The van der Waals surface area contributed by atoms with Crippen LogP contribution in [0.15, 0.2) is 95.8 Å². The molecule has 4 aromatic rings. The van der Waals surface area contributed by atoms with E-state index in [9.17, 15) is 9.59 Å². The number of rotatable bonds is 7. The largest absolute Gasteiger partial charge is 0.497 e. The molecule has 1 unspecified atom stereocenters. The quantitative estimate of drug-likeness (QED) is 0.441. The predicted octanol–water partition coefficient (Wildman–Crippen LogP) is 4.91. The zero-order valence-electron chi connectivity index (χ0n) is 18.3. The van der Waals surface area contributed by atoms with Gasteiger partial charge in [-0.1, -0.05) is 30.3 Å². The fraction of sp³-hybridized carbons (Fsp3) is 0.115. The van der Waals surface area contributed by atoms with Gasteiger partial charge in [-0.05, 0) is 61.5 Å². The van der Waals surface area contributed by atoms with E-state index >= 15 is 0 Å². The Hall–Kier alpha value is -4.39. The summed E-state index contributed by atoms with van der Waals surface area (Å²) < 4.78 is 12.3. The van der Waals surface area contributed by atoms with E-state index < -0.39 is 6.04 Å². The molecule has 1 heterocycles. The first-order chi connectivity index (χ1) is 16.0. The second kappa shape index (κ2) is 9.82. The normalized spacial score (nSPS) is 11.5. The maximum Gasteiger partial charge on any atom is 0.267 e. The number of anilines is 1. The molecule has 1 amide bonds. The third-order valence-electron chi connectivity index (χ3n) is 5.07. The zero-order valence-corrected chi connectivity index (χ0v) is 18.3. The number of carbonyl (C=O) groups is 1. The van der Waals surface area contributed by atoms with Crippen molar-refractivity contribution in [1.29, 1.82) is 0 Å². The highest BCUT2D eigenvalue weighted by Gasteiger charge is 2.20. The third-order valence-corrected chi connectivity index (χ3v) is 5.07. The van der Waals surface area contributed by atoms with Crippen molar-refractivity contribution in [3.8, 4) is 28.5 Å². The van der Waals surface area contributed by atoms with Crippen LogP contribution in [0.4, 0.5) is 5.69 Å². The topological polar surface area (TPSA) is 82.5 Å². The van der Waals surface area contributed by atoms with Crippen LogP contribution in [0, 0.1) is 0 Å². The molecule has 1 atom stereocenters. The highest BCUT2D eigenvalue weighted by Crippen LogP contribution is 2.29. The molecule has 0 aliphatic rings. The standard InChI is InChI=1S/C26H23N3O4/c1-18(29-25(30)17-16-22(28-29)19-12-14-20(32-2)15-13-19)26(31)27-23-10-6-7-11-24(23)33-21-8-4-3-5-9-21/h3-18H,1-2H3,(H,27,31). The van der Waals surface area contributed by atoms with Crippen LogP contribution in [0.25, 0.3) is 11.3 Å². The summed E-state index contributed by atoms with van der Waals surface area (Å²) in [6.45, 7) is 1.63. The van der Waals surface area contributed by atoms with Gasteiger partial charge in [-0.3, -0.25) is 9.59 Å². The minimum atomic E-state index is -0.847. The molecular formula is C26H23N3O4. The first-order valence-electron chi connectivity index (χ1n) is 10.4. The Kier molecular flexibility index (Phi) is 6.50. The Bertz CT molecular complexity index is 1300. The monoisotopic (exact) mass is 441 g/mol. The Morgan fingerprint density at radius 1 is 0.879 bits per heavy atom. The minimum Gasteiger partial charge on any atom is -0.497 e. The van der Waals surface area contributed by atoms with Gasteiger partial charge in [0, 0.05) is 11.6 Å². The van der Waals surface area contributed by atoms with Crippen LogP contribution in [0.1, 0.15) is 13.0 Å². The van der Waals surface area contributed by atoms with Gasteiger partial charge in [0.15, 0.2) is 5.75 Å². The van der Waals surface area contributed by atoms with Crippen LogP contribution >= 0.6 is 0 Å². The summed E-state index contributed by atoms with van der Waals surface area (Å²) in [7, 11) is 1.59. The maximum absolute atomic E-state index is 13.0. The fourth-order valence-corrected chi connectivity index (χ4v) is 3.24. The van der Waals surface area contributed by atoms with Crippen molar-refractivity contribution in [2.45, 2.75) is 13.0 Å². The van der Waals surface area contributed by atoms with Crippen LogP contribution < -0.4 is 20.3 Å². The molecule has 0 aliphatic heterocycles. The van der Waals surface area contributed by atoms with E-state index in [4.69, 9.17) is 9.47 Å². The summed E-state index contributed by atoms with van der Waals surface area (Å²) in [4.78, 5) is 25.5. The Morgan fingerprint density at radius 2 is 1.58 bits per heavy atom. The highest BCUT2D eigenvalue weighted by atomic mass is 16.5. The minimum absolute atomic E-state index is 0.372. The molecule has 166 valence electrons. The van der Waals surface area contributed by atoms with E-state index in [1.165, 1.54) is 10.7 Å². The predicted molar refractivity (Wildman–Crippen MR) is 127 cm³/mol. The van der Waals surface area contributed by atoms with Crippen LogP contribution in [0.5, 0.6) is 17.2 Å². The SMILES string of the molecule is COc1ccc(-c2ccc(=O)n(C(C)C(=O)Nc3ccccc3Oc3ccccc3)n2)cc1. The summed E-state index contributed by atoms with van der Waals surface area (Å²) in [5.74, 6) is 1.48. The number of nitrogens with zero attached hydrogens (tertiary/aromatic N) is 2. The van der Waals surface area contributed by atoms with Gasteiger partial charge in [-0.25, -0.2) is 4.68 Å². The number of benzene rings is 3. The number of aromatic nitrogens is 2. The molecule has 0 spiro atoms. The Morgan fingerprint density at radius 3 is 2.30 bits per heavy atom. The van der Waals surface area contributed by atoms with Gasteiger partial charge in [0.25, 0.3) is 5.56 Å². The average molecular weight is 441 g/mol. The van der Waals surface area contributed by atoms with Gasteiger partial charge in [0.05, 0.1) is 18.5 Å². The average Bonchev–Trinajstić information content (AvgIpc) is 2.86. The number of carbonyl (C=O) groups excluding carboxylic acids is 1. The van der Waals surface area contributed by atoms with Crippen LogP contribution in [-0.4, -0.2) is 22.8 Å². The summed E-state index contributed by atoms with van der Waals surface area (Å²) in [5.41, 5.74) is 1.50. The number of para-hydroxylation sites is 3. The summed E-state index contributed by atoms with van der Waals surface area (Å²) in [6, 6.07) is 25.9. The summed E-state index contributed by atoms with van der Waals surface area (Å²) in [6.07, 6.45) is 0. The highest BCUT2D eigenvalue weighted by molar-refractivity contribution is 5.94. The second-order valence-electron chi connectivity index (χ2n) is 7.31. The lowest BCUT2D eigenvalue weighted by atomic mass is 10.1. The molecule has 1 aromatic heterocycles. The van der Waals surface area contributed by atoms with E-state index in [0.29, 0.717) is 22.9 Å². The lowest BCUT2D eigenvalue weighted by molar-refractivity contribution is -0.119. The molecule has 4 rings (SSSR count). The first kappa shape index (κ1) is 21.8. The Labute approximate surface area is 191 Å². The molecule has 0 saturated carbocycles. The van der Waals surface area contributed by atoms with Crippen molar-refractivity contribution >= 4 is 11.6 Å². The smallest absolute Gasteiger partial charge is 0.267 e. The molecular weight excluding hydrogens is 418 g/mol. The molecule has 33 heavy (non-hydrogen) atoms. The number of hydrogen-bond acceptors (Lipinski definition) is 5. The number of hydrogen-bond donors (Lipinski definition) is 1. The molecule has 7 nitrogen and oxygen atoms in total. The first-order valence-corrected chi connectivity index (χ1v) is 10.4. The van der Waals surface area contributed by atoms with Gasteiger partial charge in [-0.15, -0.1) is 0 Å². The van der Waals surface area contributed by atoms with Gasteiger partial charge in [0.1, 0.15) is 17.5 Å². The van der Waals surface area contributed by atoms with Crippen molar-refractivity contribution in [2.24, 2.45) is 0 Å². The molecule has 3 aromatic carbocycles. The van der Waals surface area contributed by atoms with Gasteiger partial charge < -0.3 is 14.8 Å². The van der Waals surface area contributed by atoms with Crippen molar-refractivity contribution in [3.05, 3.63) is 101 Å². The van der Waals surface area contributed by atoms with Crippen LogP contribution in [0.2, 0.25) is 0 Å². The van der Waals surface area contributed by atoms with Crippen LogP contribution in [0.3, 0.4) is 0 Å². The zero-order chi connectivity index (χ0) is 23.2. The second-order valence-corrected chi connectivity index (χ2v) is 7.31. The number of nitrogens with one attached hydrogen (secondary N) is 1. The van der Waals surface area contributed by atoms with Crippen LogP contribution in [-0.2, 0) is 4.79 Å². The van der Waals surface area contributed by atoms with E-state index in [1.807, 2.05) is 60.7 Å². The third kappa shape index (κ3) is 5.10. The van der Waals surface area contributed by atoms with Crippen molar-refractivity contribution in [3.63, 3.8) is 0 Å². The van der Waals surface area contributed by atoms with Crippen molar-refractivity contribution in [2.75, 3.05) is 12.4 Å². The maximum atomic E-state index is 13.0. The van der Waals surface area contributed by atoms with Gasteiger partial charge in [-0.2, -0.15) is 5.10 Å². The molecule has 0 fully saturated rings. The summed E-state index contributed by atoms with van der Waals surface area (Å²) in [5, 5.41) is 7.27. The van der Waals surface area contributed by atoms with Crippen molar-refractivity contribution in [1.82, 2.24) is 9.78 Å². The molecule has 0 bridgehead atoms. The Balaban J connectivity index is 1.56. The molecule has 1 N–H and O–H groups in total. The fourth-order valence-electron chi connectivity index (χ4n) is 3.24. The van der Waals surface area contributed by atoms with Gasteiger partial charge in [0.2, 0.25) is 5.91 Å². The van der Waals surface area contributed by atoms with Crippen molar-refractivity contribution < 1.29 is 14.3 Å². The molecule has 0 saturated heterocycles. The van der Waals surface area contributed by atoms with Gasteiger partial charge >= 0.3 is 0 Å². The van der Waals surface area contributed by atoms with E-state index in [1.54, 1.807) is 38.3 Å². The van der Waals surface area contributed by atoms with E-state index in [2.05, 4.69) is 10.4 Å². The molecule has 7 heteroatoms. The number of methoxy groups -OCH3 is 1. The summed E-state index contributed by atoms with van der Waals surface area (Å²) >= 11 is 0. The molecule has 0 radical (unpaired) electrons. The lowest BCUT2D eigenvalue weighted by Crippen LogP contribution is -2.33. The molecule has 0 aliphatic carbocycles.